The fourth-order valence-corrected chi connectivity index (χ4v) is 4.21. The minimum Gasteiger partial charge on any atom is -0.480 e. The molecule has 0 aromatic carbocycles. The van der Waals surface area contributed by atoms with E-state index in [0.29, 0.717) is 0 Å². The summed E-state index contributed by atoms with van der Waals surface area (Å²) in [6.07, 6.45) is 0.752. The Balaban J connectivity index is 3.04. The van der Waals surface area contributed by atoms with Crippen LogP contribution in [-0.4, -0.2) is 25.5 Å². The van der Waals surface area contributed by atoms with Crippen molar-refractivity contribution in [1.82, 2.24) is 4.72 Å². The summed E-state index contributed by atoms with van der Waals surface area (Å²) in [5, 5.41) is 9.15. The average molecular weight is 305 g/mol. The van der Waals surface area contributed by atoms with E-state index in [1.54, 1.807) is 26.8 Å². The number of carboxylic acids is 1. The fourth-order valence-electron chi connectivity index (χ4n) is 1.50. The maximum Gasteiger partial charge on any atom is 0.322 e. The molecule has 108 valence electrons. The highest BCUT2D eigenvalue weighted by atomic mass is 32.2. The van der Waals surface area contributed by atoms with Gasteiger partial charge in [0.15, 0.2) is 0 Å². The Bertz CT molecular complexity index is 555. The normalized spacial score (nSPS) is 14.3. The second kappa shape index (κ2) is 5.60. The van der Waals surface area contributed by atoms with E-state index in [1.807, 2.05) is 6.92 Å². The van der Waals surface area contributed by atoms with Crippen LogP contribution in [0.2, 0.25) is 0 Å². The van der Waals surface area contributed by atoms with Crippen LogP contribution in [-0.2, 0) is 21.2 Å². The Kier molecular flexibility index (Phi) is 4.76. The fraction of sp³-hybridized carbons (Fsp3) is 0.583. The van der Waals surface area contributed by atoms with Gasteiger partial charge in [0.25, 0.3) is 10.0 Å². The largest absolute Gasteiger partial charge is 0.480 e. The number of hydrogen-bond acceptors (Lipinski definition) is 4. The van der Waals surface area contributed by atoms with Gasteiger partial charge in [-0.3, -0.25) is 4.79 Å². The van der Waals surface area contributed by atoms with Crippen LogP contribution in [0.1, 0.15) is 32.6 Å². The summed E-state index contributed by atoms with van der Waals surface area (Å²) in [5.74, 6) is -1.18. The molecule has 0 saturated heterocycles. The number of aliphatic carboxylic acids is 1. The van der Waals surface area contributed by atoms with Crippen molar-refractivity contribution in [2.45, 2.75) is 44.4 Å². The second-order valence-corrected chi connectivity index (χ2v) is 8.44. The molecule has 1 aromatic heterocycles. The van der Waals surface area contributed by atoms with Gasteiger partial charge in [-0.25, -0.2) is 8.42 Å². The van der Waals surface area contributed by atoms with Gasteiger partial charge in [0, 0.05) is 4.88 Å². The van der Waals surface area contributed by atoms with E-state index in [2.05, 4.69) is 4.72 Å². The second-order valence-electron chi connectivity index (χ2n) is 5.33. The molecule has 2 N–H and O–H groups in total. The lowest BCUT2D eigenvalue weighted by molar-refractivity contribution is -0.141. The molecule has 0 unspecified atom stereocenters. The zero-order valence-electron chi connectivity index (χ0n) is 11.4. The molecule has 0 bridgehead atoms. The maximum atomic E-state index is 12.2. The summed E-state index contributed by atoms with van der Waals surface area (Å²) in [5.41, 5.74) is -0.705. The molecule has 0 spiro atoms. The van der Waals surface area contributed by atoms with Crippen molar-refractivity contribution >= 4 is 27.3 Å². The molecule has 1 atom stereocenters. The van der Waals surface area contributed by atoms with E-state index in [-0.39, 0.29) is 4.21 Å². The first-order valence-corrected chi connectivity index (χ1v) is 8.21. The number of carboxylic acid groups (broad SMARTS) is 1. The molecule has 1 rings (SSSR count). The van der Waals surface area contributed by atoms with Crippen molar-refractivity contribution in [3.05, 3.63) is 17.0 Å². The van der Waals surface area contributed by atoms with Gasteiger partial charge in [-0.2, -0.15) is 4.72 Å². The van der Waals surface area contributed by atoms with Crippen molar-refractivity contribution in [2.75, 3.05) is 0 Å². The highest BCUT2D eigenvalue weighted by Gasteiger charge is 2.35. The first-order valence-electron chi connectivity index (χ1n) is 5.91. The third-order valence-electron chi connectivity index (χ3n) is 2.64. The molecule has 7 heteroatoms. The standard InChI is InChI=1S/C12H19NO4S2/c1-5-8-6-7-9(18-8)19(16,17)13-10(11(14)15)12(2,3)4/h6-7,10,13H,5H2,1-4H3,(H,14,15)/t10-/m0/s1. The highest BCUT2D eigenvalue weighted by molar-refractivity contribution is 7.91. The average Bonchev–Trinajstić information content (AvgIpc) is 2.73. The predicted molar refractivity (Wildman–Crippen MR) is 74.9 cm³/mol. The first kappa shape index (κ1) is 16.1. The number of hydrogen-bond donors (Lipinski definition) is 2. The zero-order chi connectivity index (χ0) is 14.8. The van der Waals surface area contributed by atoms with Crippen molar-refractivity contribution < 1.29 is 18.3 Å². The van der Waals surface area contributed by atoms with Crippen LogP contribution >= 0.6 is 11.3 Å². The number of aryl methyl sites for hydroxylation is 1. The molecule has 0 aliphatic rings. The van der Waals surface area contributed by atoms with Gasteiger partial charge in [0.05, 0.1) is 0 Å². The summed E-state index contributed by atoms with van der Waals surface area (Å²) in [6.45, 7) is 6.98. The smallest absolute Gasteiger partial charge is 0.322 e. The number of carbonyl (C=O) groups is 1. The molecule has 0 fully saturated rings. The van der Waals surface area contributed by atoms with Crippen LogP contribution in [0.3, 0.4) is 0 Å². The van der Waals surface area contributed by atoms with Crippen LogP contribution in [0.5, 0.6) is 0 Å². The zero-order valence-corrected chi connectivity index (χ0v) is 13.1. The van der Waals surface area contributed by atoms with E-state index >= 15 is 0 Å². The number of sulfonamides is 1. The molecule has 1 heterocycles. The quantitative estimate of drug-likeness (QED) is 0.872. The lowest BCUT2D eigenvalue weighted by atomic mass is 9.88. The number of thiophene rings is 1. The molecular formula is C12H19NO4S2. The van der Waals surface area contributed by atoms with E-state index in [9.17, 15) is 13.2 Å². The number of nitrogens with one attached hydrogen (secondary N) is 1. The lowest BCUT2D eigenvalue weighted by Crippen LogP contribution is -2.48. The summed E-state index contributed by atoms with van der Waals surface area (Å²) in [4.78, 5) is 12.1. The Morgan fingerprint density at radius 2 is 2.00 bits per heavy atom. The molecule has 0 radical (unpaired) electrons. The molecule has 0 aliphatic heterocycles. The van der Waals surface area contributed by atoms with Gasteiger partial charge >= 0.3 is 5.97 Å². The lowest BCUT2D eigenvalue weighted by Gasteiger charge is -2.27. The Hall–Kier alpha value is -0.920. The summed E-state index contributed by atoms with van der Waals surface area (Å²) in [7, 11) is -3.79. The van der Waals surface area contributed by atoms with E-state index in [4.69, 9.17) is 5.11 Å². The van der Waals surface area contributed by atoms with E-state index in [0.717, 1.165) is 22.6 Å². The molecular weight excluding hydrogens is 286 g/mol. The predicted octanol–water partition coefficient (Wildman–Crippen LogP) is 2.09. The van der Waals surface area contributed by atoms with Gasteiger partial charge in [-0.1, -0.05) is 27.7 Å². The Morgan fingerprint density at radius 1 is 1.42 bits per heavy atom. The van der Waals surface area contributed by atoms with Crippen molar-refractivity contribution in [3.8, 4) is 0 Å². The minimum atomic E-state index is -3.79. The SMILES string of the molecule is CCc1ccc(S(=O)(=O)N[C@@H](C(=O)O)C(C)(C)C)s1. The molecule has 0 saturated carbocycles. The monoisotopic (exact) mass is 305 g/mol. The molecule has 1 aromatic rings. The van der Waals surface area contributed by atoms with Gasteiger partial charge < -0.3 is 5.11 Å². The Labute approximate surface area is 117 Å². The maximum absolute atomic E-state index is 12.2. The van der Waals surface area contributed by atoms with Gasteiger partial charge in [0.1, 0.15) is 10.3 Å². The van der Waals surface area contributed by atoms with Crippen molar-refractivity contribution in [1.29, 1.82) is 0 Å². The van der Waals surface area contributed by atoms with Crippen LogP contribution < -0.4 is 4.72 Å². The topological polar surface area (TPSA) is 83.5 Å². The van der Waals surface area contributed by atoms with Gasteiger partial charge in [-0.15, -0.1) is 11.3 Å². The third kappa shape index (κ3) is 4.02. The van der Waals surface area contributed by atoms with Crippen LogP contribution in [0, 0.1) is 5.41 Å². The Morgan fingerprint density at radius 3 is 2.37 bits per heavy atom. The van der Waals surface area contributed by atoms with Crippen molar-refractivity contribution in [3.63, 3.8) is 0 Å². The molecule has 5 nitrogen and oxygen atoms in total. The third-order valence-corrected chi connectivity index (χ3v) is 5.78. The van der Waals surface area contributed by atoms with Crippen LogP contribution in [0.25, 0.3) is 0 Å². The molecule has 19 heavy (non-hydrogen) atoms. The molecule has 0 aliphatic carbocycles. The summed E-state index contributed by atoms with van der Waals surface area (Å²) >= 11 is 1.16. The first-order chi connectivity index (χ1) is 8.58. The summed E-state index contributed by atoms with van der Waals surface area (Å²) < 4.78 is 26.7. The summed E-state index contributed by atoms with van der Waals surface area (Å²) in [6, 6.07) is 2.09. The minimum absolute atomic E-state index is 0.153. The number of rotatable bonds is 5. The van der Waals surface area contributed by atoms with Gasteiger partial charge in [-0.05, 0) is 24.0 Å². The van der Waals surface area contributed by atoms with Gasteiger partial charge in [0.2, 0.25) is 0 Å². The van der Waals surface area contributed by atoms with E-state index < -0.39 is 27.4 Å². The van der Waals surface area contributed by atoms with Crippen LogP contribution in [0.4, 0.5) is 0 Å². The van der Waals surface area contributed by atoms with E-state index in [1.165, 1.54) is 6.07 Å². The molecule has 0 amide bonds. The highest BCUT2D eigenvalue weighted by Crippen LogP contribution is 2.25. The van der Waals surface area contributed by atoms with Crippen molar-refractivity contribution in [2.24, 2.45) is 5.41 Å². The van der Waals surface area contributed by atoms with Crippen LogP contribution in [0.15, 0.2) is 16.3 Å².